The number of aliphatic hydroxyl groups is 1. The fourth-order valence-electron chi connectivity index (χ4n) is 12.4. The maximum Gasteiger partial charge on any atom is 0.472 e. The molecule has 0 aliphatic rings. The van der Waals surface area contributed by atoms with Crippen LogP contribution in [0.3, 0.4) is 0 Å². The monoisotopic (exact) mass is 1500 g/mol. The van der Waals surface area contributed by atoms with Crippen LogP contribution < -0.4 is 0 Å². The van der Waals surface area contributed by atoms with Crippen molar-refractivity contribution in [3.63, 3.8) is 0 Å². The summed E-state index contributed by atoms with van der Waals surface area (Å²) in [6.07, 6.45) is 66.1. The maximum absolute atomic E-state index is 13.1. The Bertz CT molecular complexity index is 2090. The number of carbonyl (C=O) groups excluding carboxylic acids is 4. The smallest absolute Gasteiger partial charge is 0.462 e. The van der Waals surface area contributed by atoms with Crippen molar-refractivity contribution in [3.05, 3.63) is 24.3 Å². The minimum Gasteiger partial charge on any atom is -0.462 e. The lowest BCUT2D eigenvalue weighted by Crippen LogP contribution is -2.30. The van der Waals surface area contributed by atoms with E-state index < -0.39 is 97.5 Å². The number of esters is 4. The Morgan fingerprint density at radius 2 is 0.573 bits per heavy atom. The van der Waals surface area contributed by atoms with Gasteiger partial charge in [0.25, 0.3) is 0 Å². The molecule has 0 bridgehead atoms. The van der Waals surface area contributed by atoms with Gasteiger partial charge in [-0.25, -0.2) is 9.13 Å². The largest absolute Gasteiger partial charge is 0.472 e. The summed E-state index contributed by atoms with van der Waals surface area (Å²) in [6.45, 7) is 11.9. The quantitative estimate of drug-likeness (QED) is 0.0169. The summed E-state index contributed by atoms with van der Waals surface area (Å²) in [7, 11) is -9.94. The second-order valence-corrected chi connectivity index (χ2v) is 33.6. The molecule has 0 aliphatic carbocycles. The van der Waals surface area contributed by atoms with Gasteiger partial charge in [0.2, 0.25) is 0 Å². The van der Waals surface area contributed by atoms with Crippen molar-refractivity contribution in [3.8, 4) is 0 Å². The average molecular weight is 1500 g/mol. The molecule has 0 radical (unpaired) electrons. The highest BCUT2D eigenvalue weighted by Gasteiger charge is 2.30. The summed E-state index contributed by atoms with van der Waals surface area (Å²) in [6, 6.07) is 0. The zero-order chi connectivity index (χ0) is 75.8. The van der Waals surface area contributed by atoms with E-state index in [-0.39, 0.29) is 25.7 Å². The second kappa shape index (κ2) is 73.7. The molecule has 19 heteroatoms. The van der Waals surface area contributed by atoms with Crippen LogP contribution in [-0.2, 0) is 65.4 Å². The lowest BCUT2D eigenvalue weighted by molar-refractivity contribution is -0.161. The summed E-state index contributed by atoms with van der Waals surface area (Å²) in [4.78, 5) is 73.1. The first kappa shape index (κ1) is 101. The van der Waals surface area contributed by atoms with E-state index in [1.807, 2.05) is 0 Å². The van der Waals surface area contributed by atoms with Crippen LogP contribution >= 0.6 is 15.6 Å². The van der Waals surface area contributed by atoms with E-state index in [1.54, 1.807) is 0 Å². The van der Waals surface area contributed by atoms with Crippen LogP contribution in [0.5, 0.6) is 0 Å². The highest BCUT2D eigenvalue weighted by Crippen LogP contribution is 2.45. The van der Waals surface area contributed by atoms with Crippen LogP contribution in [-0.4, -0.2) is 96.7 Å². The van der Waals surface area contributed by atoms with Gasteiger partial charge in [0.05, 0.1) is 26.4 Å². The lowest BCUT2D eigenvalue weighted by atomic mass is 9.99. The molecule has 0 amide bonds. The third-order valence-electron chi connectivity index (χ3n) is 19.4. The molecular formula is C84H160O17P2. The second-order valence-electron chi connectivity index (χ2n) is 30.7. The van der Waals surface area contributed by atoms with Crippen molar-refractivity contribution < 1.29 is 80.2 Å². The van der Waals surface area contributed by atoms with E-state index in [1.165, 1.54) is 205 Å². The number of ether oxygens (including phenoxy) is 4. The molecule has 103 heavy (non-hydrogen) atoms. The molecule has 0 aromatic carbocycles. The fourth-order valence-corrected chi connectivity index (χ4v) is 14.0. The van der Waals surface area contributed by atoms with Crippen molar-refractivity contribution in [2.45, 2.75) is 433 Å². The van der Waals surface area contributed by atoms with Crippen molar-refractivity contribution in [2.75, 3.05) is 39.6 Å². The molecule has 0 rings (SSSR count). The van der Waals surface area contributed by atoms with Crippen LogP contribution in [0.1, 0.15) is 414 Å². The Morgan fingerprint density at radius 1 is 0.320 bits per heavy atom. The molecule has 6 atom stereocenters. The first-order valence-electron chi connectivity index (χ1n) is 42.7. The van der Waals surface area contributed by atoms with Crippen LogP contribution in [0.2, 0.25) is 0 Å². The average Bonchev–Trinajstić information content (AvgIpc) is 0.926. The molecule has 0 aliphatic heterocycles. The van der Waals surface area contributed by atoms with Gasteiger partial charge < -0.3 is 33.8 Å². The first-order chi connectivity index (χ1) is 49.8. The molecular weight excluding hydrogens is 1340 g/mol. The Balaban J connectivity index is 5.25. The number of allylic oxidation sites excluding steroid dienone is 4. The number of aliphatic hydroxyl groups excluding tert-OH is 1. The van der Waals surface area contributed by atoms with Crippen molar-refractivity contribution in [1.82, 2.24) is 0 Å². The van der Waals surface area contributed by atoms with Gasteiger partial charge in [-0.2, -0.15) is 0 Å². The summed E-state index contributed by atoms with van der Waals surface area (Å²) >= 11 is 0. The highest BCUT2D eigenvalue weighted by atomic mass is 31.2. The SMILES string of the molecule is CCCCCC/C=C\C=C/CCCCCCCC(=O)O[C@H](COC(=O)CCCCCCCCCC(C)C)COP(=O)(O)OCC(O)COP(=O)(O)OC[C@@H](COC(=O)CCCCCCCCCCCCCCCC(C)C)OC(=O)CCCCCCCCCCCCCCCCCCCCC(C)CC. The van der Waals surface area contributed by atoms with Gasteiger partial charge in [-0.3, -0.25) is 37.3 Å². The van der Waals surface area contributed by atoms with E-state index in [2.05, 4.69) is 72.8 Å². The van der Waals surface area contributed by atoms with Gasteiger partial charge in [0.1, 0.15) is 19.3 Å². The molecule has 0 spiro atoms. The Hall–Kier alpha value is -2.46. The minimum atomic E-state index is -4.97. The molecule has 0 fully saturated rings. The molecule has 0 saturated carbocycles. The molecule has 0 aromatic rings. The lowest BCUT2D eigenvalue weighted by Gasteiger charge is -2.21. The van der Waals surface area contributed by atoms with Gasteiger partial charge in [0, 0.05) is 25.7 Å². The number of phosphoric ester groups is 2. The topological polar surface area (TPSA) is 237 Å². The third-order valence-corrected chi connectivity index (χ3v) is 21.3. The van der Waals surface area contributed by atoms with E-state index >= 15 is 0 Å². The van der Waals surface area contributed by atoms with E-state index in [0.717, 1.165) is 121 Å². The number of phosphoric acid groups is 2. The number of unbranched alkanes of at least 4 members (excludes halogenated alkanes) is 44. The van der Waals surface area contributed by atoms with Crippen LogP contribution in [0.25, 0.3) is 0 Å². The summed E-state index contributed by atoms with van der Waals surface area (Å²) < 4.78 is 68.7. The zero-order valence-electron chi connectivity index (χ0n) is 67.3. The minimum absolute atomic E-state index is 0.0842. The van der Waals surface area contributed by atoms with Crippen LogP contribution in [0, 0.1) is 17.8 Å². The van der Waals surface area contributed by atoms with E-state index in [4.69, 9.17) is 37.0 Å². The van der Waals surface area contributed by atoms with Gasteiger partial charge in [-0.05, 0) is 69.1 Å². The van der Waals surface area contributed by atoms with E-state index in [0.29, 0.717) is 31.6 Å². The van der Waals surface area contributed by atoms with E-state index in [9.17, 15) is 43.2 Å². The van der Waals surface area contributed by atoms with Gasteiger partial charge in [-0.15, -0.1) is 0 Å². The highest BCUT2D eigenvalue weighted by molar-refractivity contribution is 7.47. The molecule has 17 nitrogen and oxygen atoms in total. The van der Waals surface area contributed by atoms with Gasteiger partial charge in [-0.1, -0.05) is 362 Å². The maximum atomic E-state index is 13.1. The van der Waals surface area contributed by atoms with Crippen molar-refractivity contribution in [1.29, 1.82) is 0 Å². The predicted octanol–water partition coefficient (Wildman–Crippen LogP) is 24.9. The molecule has 0 saturated heterocycles. The summed E-state index contributed by atoms with van der Waals surface area (Å²) in [5.74, 6) is 0.222. The Morgan fingerprint density at radius 3 is 0.864 bits per heavy atom. The molecule has 0 heterocycles. The number of rotatable bonds is 80. The number of carbonyl (C=O) groups is 4. The third kappa shape index (κ3) is 76.1. The van der Waals surface area contributed by atoms with Crippen LogP contribution in [0.15, 0.2) is 24.3 Å². The molecule has 0 aromatic heterocycles. The first-order valence-corrected chi connectivity index (χ1v) is 45.7. The fraction of sp³-hybridized carbons (Fsp3) is 0.905. The van der Waals surface area contributed by atoms with Crippen molar-refractivity contribution >= 4 is 39.5 Å². The summed E-state index contributed by atoms with van der Waals surface area (Å²) in [5, 5.41) is 10.7. The zero-order valence-corrected chi connectivity index (χ0v) is 69.1. The normalized spacial score (nSPS) is 14.3. The predicted molar refractivity (Wildman–Crippen MR) is 423 cm³/mol. The number of hydrogen-bond acceptors (Lipinski definition) is 15. The molecule has 4 unspecified atom stereocenters. The Labute approximate surface area is 631 Å². The van der Waals surface area contributed by atoms with Gasteiger partial charge in [0.15, 0.2) is 12.2 Å². The van der Waals surface area contributed by atoms with Gasteiger partial charge >= 0.3 is 39.5 Å². The summed E-state index contributed by atoms with van der Waals surface area (Å²) in [5.41, 5.74) is 0. The number of hydrogen-bond donors (Lipinski definition) is 3. The standard InChI is InChI=1S/C84H160O17P2/c1-8-10-11-12-13-14-15-16-21-27-33-38-45-53-60-67-84(89)101-80(72-95-82(87)66-59-52-47-40-42-49-56-63-76(5)6)74-99-103(92,93)97-70-78(85)69-96-102(90,91)98-73-79(71-94-81(86)65-58-51-44-37-32-29-24-25-30-35-41-48-55-62-75(3)4)100-83(88)68-61-54-46-39-34-28-23-20-18-17-19-22-26-31-36-43-50-57-64-77(7)9-2/h14-16,21,75-80,85H,8-13,17-20,22-74H2,1-7H3,(H,90,91)(H,92,93)/b15-14-,21-16-/t77?,78?,79-,80-/m1/s1. The Kier molecular flexibility index (Phi) is 71.9. The van der Waals surface area contributed by atoms with Crippen molar-refractivity contribution in [2.24, 2.45) is 17.8 Å². The van der Waals surface area contributed by atoms with Crippen LogP contribution in [0.4, 0.5) is 0 Å². The molecule has 3 N–H and O–H groups in total. The molecule has 608 valence electrons.